The molecule has 1 aliphatic carbocycles. The number of halogens is 3. The predicted molar refractivity (Wildman–Crippen MR) is 74.0 cm³/mol. The second kappa shape index (κ2) is 5.20. The number of rotatable bonds is 3. The van der Waals surface area contributed by atoms with Gasteiger partial charge in [-0.1, -0.05) is 0 Å². The van der Waals surface area contributed by atoms with Crippen molar-refractivity contribution in [2.24, 2.45) is 11.8 Å². The van der Waals surface area contributed by atoms with Crippen LogP contribution < -0.4 is 21.5 Å². The minimum atomic E-state index is -4.38. The lowest BCUT2D eigenvalue weighted by molar-refractivity contribution is -0.137. The second-order valence-corrected chi connectivity index (χ2v) is 5.37. The summed E-state index contributed by atoms with van der Waals surface area (Å²) >= 11 is 0. The highest BCUT2D eigenvalue weighted by molar-refractivity contribution is 5.97. The van der Waals surface area contributed by atoms with Gasteiger partial charge in [0.2, 0.25) is 0 Å². The molecule has 3 rings (SSSR count). The molecule has 1 aromatic carbocycles. The van der Waals surface area contributed by atoms with E-state index in [1.54, 1.807) is 11.1 Å². The number of hydrogen-bond donors (Lipinski definition) is 3. The molecule has 1 aliphatic heterocycles. The minimum absolute atomic E-state index is 0.135. The van der Waals surface area contributed by atoms with E-state index in [0.717, 1.165) is 25.0 Å². The van der Waals surface area contributed by atoms with Gasteiger partial charge in [0.15, 0.2) is 0 Å². The number of nitrogens with two attached hydrogens (primary N) is 1. The largest absolute Gasteiger partial charge is 0.416 e. The summed E-state index contributed by atoms with van der Waals surface area (Å²) in [7, 11) is 0. The van der Waals surface area contributed by atoms with Gasteiger partial charge in [-0.05, 0) is 43.0 Å². The first kappa shape index (κ1) is 14.7. The SMILES string of the molecule is NNC(=O)C1=CNC(C2CC2)N1c1ccc(C(F)(F)F)cc1. The van der Waals surface area contributed by atoms with Crippen LogP contribution in [0.25, 0.3) is 0 Å². The molecule has 1 aromatic rings. The second-order valence-electron chi connectivity index (χ2n) is 5.37. The average molecular weight is 312 g/mol. The molecule has 4 N–H and O–H groups in total. The van der Waals surface area contributed by atoms with Gasteiger partial charge in [-0.15, -0.1) is 0 Å². The third-order valence-electron chi connectivity index (χ3n) is 3.83. The summed E-state index contributed by atoms with van der Waals surface area (Å²) in [5, 5.41) is 3.10. The van der Waals surface area contributed by atoms with Crippen molar-refractivity contribution in [3.63, 3.8) is 0 Å². The van der Waals surface area contributed by atoms with Crippen molar-refractivity contribution in [2.45, 2.75) is 25.2 Å². The Bertz CT molecular complexity index is 608. The van der Waals surface area contributed by atoms with Crippen LogP contribution in [0.2, 0.25) is 0 Å². The lowest BCUT2D eigenvalue weighted by atomic mass is 10.1. The number of carbonyl (C=O) groups excluding carboxylic acids is 1. The smallest absolute Gasteiger partial charge is 0.369 e. The van der Waals surface area contributed by atoms with Crippen molar-refractivity contribution in [1.29, 1.82) is 0 Å². The summed E-state index contributed by atoms with van der Waals surface area (Å²) in [4.78, 5) is 13.5. The Balaban J connectivity index is 1.91. The highest BCUT2D eigenvalue weighted by Gasteiger charge is 2.41. The van der Waals surface area contributed by atoms with Gasteiger partial charge >= 0.3 is 6.18 Å². The molecular weight excluding hydrogens is 297 g/mol. The monoisotopic (exact) mass is 312 g/mol. The van der Waals surface area contributed by atoms with Gasteiger partial charge in [0, 0.05) is 11.9 Å². The van der Waals surface area contributed by atoms with Gasteiger partial charge < -0.3 is 10.2 Å². The number of anilines is 1. The van der Waals surface area contributed by atoms with E-state index in [1.807, 2.05) is 0 Å². The van der Waals surface area contributed by atoms with Crippen molar-refractivity contribution < 1.29 is 18.0 Å². The zero-order chi connectivity index (χ0) is 15.9. The normalized spacial score (nSPS) is 21.4. The number of benzene rings is 1. The highest BCUT2D eigenvalue weighted by atomic mass is 19.4. The van der Waals surface area contributed by atoms with E-state index in [4.69, 9.17) is 5.84 Å². The fourth-order valence-corrected chi connectivity index (χ4v) is 2.58. The molecule has 0 radical (unpaired) electrons. The van der Waals surface area contributed by atoms with Crippen LogP contribution in [0, 0.1) is 5.92 Å². The van der Waals surface area contributed by atoms with Crippen molar-refractivity contribution in [3.05, 3.63) is 41.7 Å². The number of nitrogens with one attached hydrogen (secondary N) is 2. The standard InChI is InChI=1S/C14H15F3N4O/c15-14(16,17)9-3-5-10(6-4-9)21-11(13(22)20-18)7-19-12(21)8-1-2-8/h3-8,12,19H,1-2,18H2,(H,20,22). The molecule has 22 heavy (non-hydrogen) atoms. The van der Waals surface area contributed by atoms with Crippen LogP contribution in [0.5, 0.6) is 0 Å². The first-order valence-corrected chi connectivity index (χ1v) is 6.85. The fourth-order valence-electron chi connectivity index (χ4n) is 2.58. The topological polar surface area (TPSA) is 70.4 Å². The quantitative estimate of drug-likeness (QED) is 0.451. The van der Waals surface area contributed by atoms with E-state index in [1.165, 1.54) is 12.1 Å². The molecule has 1 fully saturated rings. The summed E-state index contributed by atoms with van der Waals surface area (Å²) in [6, 6.07) is 4.75. The number of alkyl halides is 3. The molecule has 118 valence electrons. The van der Waals surface area contributed by atoms with Crippen LogP contribution in [-0.2, 0) is 11.0 Å². The van der Waals surface area contributed by atoms with E-state index in [0.29, 0.717) is 17.3 Å². The van der Waals surface area contributed by atoms with Crippen LogP contribution in [-0.4, -0.2) is 12.1 Å². The van der Waals surface area contributed by atoms with Crippen molar-refractivity contribution in [3.8, 4) is 0 Å². The maximum absolute atomic E-state index is 12.7. The Morgan fingerprint density at radius 2 is 1.91 bits per heavy atom. The molecule has 8 heteroatoms. The summed E-state index contributed by atoms with van der Waals surface area (Å²) in [6.07, 6.45) is -0.946. The van der Waals surface area contributed by atoms with E-state index < -0.39 is 17.6 Å². The molecule has 1 amide bonds. The maximum atomic E-state index is 12.7. The molecule has 1 saturated carbocycles. The summed E-state index contributed by atoms with van der Waals surface area (Å²) in [5.41, 5.74) is 2.14. The van der Waals surface area contributed by atoms with Gasteiger partial charge in [-0.3, -0.25) is 10.2 Å². The molecule has 2 aliphatic rings. The van der Waals surface area contributed by atoms with Crippen LogP contribution in [0.4, 0.5) is 18.9 Å². The number of hydrazine groups is 1. The van der Waals surface area contributed by atoms with Gasteiger partial charge in [-0.25, -0.2) is 5.84 Å². The van der Waals surface area contributed by atoms with Gasteiger partial charge in [0.1, 0.15) is 11.9 Å². The number of amides is 1. The van der Waals surface area contributed by atoms with Gasteiger partial charge in [0.25, 0.3) is 5.91 Å². The Morgan fingerprint density at radius 3 is 2.41 bits per heavy atom. The Labute approximate surface area is 124 Å². The van der Waals surface area contributed by atoms with E-state index >= 15 is 0 Å². The Kier molecular flexibility index (Phi) is 3.48. The Hall–Kier alpha value is -2.22. The summed E-state index contributed by atoms with van der Waals surface area (Å²) in [6.45, 7) is 0. The highest BCUT2D eigenvalue weighted by Crippen LogP contribution is 2.40. The average Bonchev–Trinajstić information content (AvgIpc) is 3.24. The summed E-state index contributed by atoms with van der Waals surface area (Å²) in [5.74, 6) is 5.04. The molecule has 0 bridgehead atoms. The summed E-state index contributed by atoms with van der Waals surface area (Å²) < 4.78 is 38.0. The van der Waals surface area contributed by atoms with E-state index in [2.05, 4.69) is 10.7 Å². The minimum Gasteiger partial charge on any atom is -0.369 e. The molecular formula is C14H15F3N4O. The van der Waals surface area contributed by atoms with Crippen molar-refractivity contribution >= 4 is 11.6 Å². The Morgan fingerprint density at radius 1 is 1.27 bits per heavy atom. The van der Waals surface area contributed by atoms with E-state index in [-0.39, 0.29) is 6.17 Å². The molecule has 0 spiro atoms. The van der Waals surface area contributed by atoms with Crippen molar-refractivity contribution in [2.75, 3.05) is 4.90 Å². The third-order valence-corrected chi connectivity index (χ3v) is 3.83. The van der Waals surface area contributed by atoms with Crippen LogP contribution in [0.1, 0.15) is 18.4 Å². The molecule has 1 atom stereocenters. The lowest BCUT2D eigenvalue weighted by Crippen LogP contribution is -2.43. The van der Waals surface area contributed by atoms with Gasteiger partial charge in [-0.2, -0.15) is 13.2 Å². The van der Waals surface area contributed by atoms with Gasteiger partial charge in [0.05, 0.1) is 5.56 Å². The number of nitrogens with zero attached hydrogens (tertiary/aromatic N) is 1. The zero-order valence-electron chi connectivity index (χ0n) is 11.5. The van der Waals surface area contributed by atoms with E-state index in [9.17, 15) is 18.0 Å². The van der Waals surface area contributed by atoms with Crippen LogP contribution in [0.3, 0.4) is 0 Å². The first-order valence-electron chi connectivity index (χ1n) is 6.85. The zero-order valence-corrected chi connectivity index (χ0v) is 11.5. The lowest BCUT2D eigenvalue weighted by Gasteiger charge is -2.29. The predicted octanol–water partition coefficient (Wildman–Crippen LogP) is 1.68. The molecule has 0 aromatic heterocycles. The first-order chi connectivity index (χ1) is 10.4. The van der Waals surface area contributed by atoms with Crippen LogP contribution >= 0.6 is 0 Å². The fraction of sp³-hybridized carbons (Fsp3) is 0.357. The molecule has 0 saturated heterocycles. The molecule has 1 unspecified atom stereocenters. The molecule has 5 nitrogen and oxygen atoms in total. The van der Waals surface area contributed by atoms with Crippen LogP contribution in [0.15, 0.2) is 36.2 Å². The molecule has 1 heterocycles. The number of hydrogen-bond acceptors (Lipinski definition) is 4. The third kappa shape index (κ3) is 2.61. The maximum Gasteiger partial charge on any atom is 0.416 e. The van der Waals surface area contributed by atoms with Crippen molar-refractivity contribution in [1.82, 2.24) is 10.7 Å². The number of carbonyl (C=O) groups is 1.